The Kier molecular flexibility index (Phi) is 6.15. The fourth-order valence-corrected chi connectivity index (χ4v) is 2.53. The molecule has 0 fully saturated rings. The Balaban J connectivity index is 1.78. The Hall–Kier alpha value is -3.66. The first-order valence-electron chi connectivity index (χ1n) is 8.67. The lowest BCUT2D eigenvalue weighted by Gasteiger charge is -2.11. The largest absolute Gasteiger partial charge is 0.347 e. The minimum atomic E-state index is -0.341. The zero-order valence-electron chi connectivity index (χ0n) is 14.8. The maximum absolute atomic E-state index is 12.7. The van der Waals surface area contributed by atoms with E-state index in [1.165, 1.54) is 0 Å². The summed E-state index contributed by atoms with van der Waals surface area (Å²) in [4.78, 5) is 25.2. The summed E-state index contributed by atoms with van der Waals surface area (Å²) in [6, 6.07) is 27.8. The van der Waals surface area contributed by atoms with E-state index in [4.69, 9.17) is 0 Å². The molecule has 0 bridgehead atoms. The van der Waals surface area contributed by atoms with Gasteiger partial charge in [0.15, 0.2) is 0 Å². The standard InChI is InChI=1S/C23H20N2O2/c26-22(20-14-8-3-9-15-20)25-21(16-18-10-4-1-5-11-18)23(27)24-17-19-12-6-2-7-13-19/h1-16H,17H2,(H,24,27)(H,25,26)/b21-16-. The minimum Gasteiger partial charge on any atom is -0.347 e. The van der Waals surface area contributed by atoms with E-state index in [1.807, 2.05) is 66.7 Å². The molecule has 27 heavy (non-hydrogen) atoms. The third-order valence-corrected chi connectivity index (χ3v) is 3.94. The predicted octanol–water partition coefficient (Wildman–Crippen LogP) is 3.77. The molecule has 3 aromatic rings. The molecule has 0 atom stereocenters. The van der Waals surface area contributed by atoms with Gasteiger partial charge in [-0.2, -0.15) is 0 Å². The van der Waals surface area contributed by atoms with Crippen LogP contribution >= 0.6 is 0 Å². The van der Waals surface area contributed by atoms with Gasteiger partial charge < -0.3 is 10.6 Å². The van der Waals surface area contributed by atoms with Crippen molar-refractivity contribution >= 4 is 17.9 Å². The molecular formula is C23H20N2O2. The molecule has 0 saturated heterocycles. The Morgan fingerprint density at radius 3 is 1.93 bits per heavy atom. The van der Waals surface area contributed by atoms with Gasteiger partial charge in [0, 0.05) is 12.1 Å². The van der Waals surface area contributed by atoms with Crippen molar-refractivity contribution in [1.82, 2.24) is 10.6 Å². The van der Waals surface area contributed by atoms with Crippen LogP contribution < -0.4 is 10.6 Å². The average Bonchev–Trinajstić information content (AvgIpc) is 2.73. The summed E-state index contributed by atoms with van der Waals surface area (Å²) in [6.07, 6.45) is 1.67. The van der Waals surface area contributed by atoms with Gasteiger partial charge in [-0.1, -0.05) is 78.9 Å². The molecule has 0 radical (unpaired) electrons. The normalized spacial score (nSPS) is 10.9. The third-order valence-electron chi connectivity index (χ3n) is 3.94. The summed E-state index contributed by atoms with van der Waals surface area (Å²) in [5.41, 5.74) is 2.51. The topological polar surface area (TPSA) is 58.2 Å². The van der Waals surface area contributed by atoms with Gasteiger partial charge in [0.2, 0.25) is 0 Å². The number of carbonyl (C=O) groups is 2. The van der Waals surface area contributed by atoms with Gasteiger partial charge in [0.25, 0.3) is 11.8 Å². The van der Waals surface area contributed by atoms with Crippen LogP contribution in [0.4, 0.5) is 0 Å². The zero-order valence-corrected chi connectivity index (χ0v) is 14.8. The Bertz CT molecular complexity index is 920. The number of hydrogen-bond acceptors (Lipinski definition) is 2. The van der Waals surface area contributed by atoms with E-state index in [0.717, 1.165) is 11.1 Å². The molecule has 0 aliphatic carbocycles. The van der Waals surface area contributed by atoms with Crippen molar-refractivity contribution in [3.8, 4) is 0 Å². The number of rotatable bonds is 6. The minimum absolute atomic E-state index is 0.200. The monoisotopic (exact) mass is 356 g/mol. The van der Waals surface area contributed by atoms with Gasteiger partial charge in [-0.3, -0.25) is 9.59 Å². The van der Waals surface area contributed by atoms with Gasteiger partial charge in [-0.25, -0.2) is 0 Å². The second-order valence-electron chi connectivity index (χ2n) is 5.96. The molecule has 4 heteroatoms. The molecule has 4 nitrogen and oxygen atoms in total. The summed E-state index contributed by atoms with van der Waals surface area (Å²) in [7, 11) is 0. The molecule has 0 unspecified atom stereocenters. The van der Waals surface area contributed by atoms with E-state index in [-0.39, 0.29) is 17.5 Å². The molecule has 134 valence electrons. The molecule has 0 heterocycles. The summed E-state index contributed by atoms with van der Waals surface area (Å²) >= 11 is 0. The summed E-state index contributed by atoms with van der Waals surface area (Å²) in [5.74, 6) is -0.667. The van der Waals surface area contributed by atoms with E-state index in [0.29, 0.717) is 12.1 Å². The molecule has 0 aliphatic heterocycles. The maximum atomic E-state index is 12.7. The van der Waals surface area contributed by atoms with Crippen LogP contribution in [0.15, 0.2) is 96.7 Å². The van der Waals surface area contributed by atoms with Crippen LogP contribution in [0.5, 0.6) is 0 Å². The van der Waals surface area contributed by atoms with Crippen molar-refractivity contribution in [3.63, 3.8) is 0 Å². The molecular weight excluding hydrogens is 336 g/mol. The van der Waals surface area contributed by atoms with Gasteiger partial charge in [-0.15, -0.1) is 0 Å². The molecule has 3 aromatic carbocycles. The van der Waals surface area contributed by atoms with Crippen molar-refractivity contribution in [2.75, 3.05) is 0 Å². The van der Waals surface area contributed by atoms with Crippen molar-refractivity contribution in [1.29, 1.82) is 0 Å². The molecule has 0 aromatic heterocycles. The maximum Gasteiger partial charge on any atom is 0.268 e. The fourth-order valence-electron chi connectivity index (χ4n) is 2.53. The van der Waals surface area contributed by atoms with E-state index < -0.39 is 0 Å². The van der Waals surface area contributed by atoms with Crippen LogP contribution in [-0.4, -0.2) is 11.8 Å². The summed E-state index contributed by atoms with van der Waals surface area (Å²) < 4.78 is 0. The number of benzene rings is 3. The zero-order chi connectivity index (χ0) is 18.9. The average molecular weight is 356 g/mol. The Labute approximate surface area is 158 Å². The van der Waals surface area contributed by atoms with Crippen molar-refractivity contribution < 1.29 is 9.59 Å². The first-order chi connectivity index (χ1) is 13.2. The van der Waals surface area contributed by atoms with Crippen molar-refractivity contribution in [3.05, 3.63) is 113 Å². The molecule has 0 aliphatic rings. The highest BCUT2D eigenvalue weighted by molar-refractivity contribution is 6.05. The van der Waals surface area contributed by atoms with E-state index >= 15 is 0 Å². The first kappa shape index (κ1) is 18.1. The van der Waals surface area contributed by atoms with Crippen LogP contribution in [-0.2, 0) is 11.3 Å². The molecule has 0 saturated carbocycles. The Morgan fingerprint density at radius 1 is 0.741 bits per heavy atom. The second kappa shape index (κ2) is 9.15. The van der Waals surface area contributed by atoms with E-state index in [2.05, 4.69) is 10.6 Å². The van der Waals surface area contributed by atoms with Gasteiger partial charge in [0.1, 0.15) is 5.70 Å². The molecule has 3 rings (SSSR count). The van der Waals surface area contributed by atoms with Crippen LogP contribution in [0.25, 0.3) is 6.08 Å². The van der Waals surface area contributed by atoms with Crippen LogP contribution in [0.2, 0.25) is 0 Å². The van der Waals surface area contributed by atoms with Crippen molar-refractivity contribution in [2.45, 2.75) is 6.54 Å². The highest BCUT2D eigenvalue weighted by Gasteiger charge is 2.14. The van der Waals surface area contributed by atoms with Crippen molar-refractivity contribution in [2.24, 2.45) is 0 Å². The number of carbonyl (C=O) groups excluding carboxylic acids is 2. The number of amides is 2. The van der Waals surface area contributed by atoms with Crippen LogP contribution in [0, 0.1) is 0 Å². The second-order valence-corrected chi connectivity index (χ2v) is 5.96. The highest BCUT2D eigenvalue weighted by atomic mass is 16.2. The first-order valence-corrected chi connectivity index (χ1v) is 8.67. The lowest BCUT2D eigenvalue weighted by atomic mass is 10.1. The molecule has 2 N–H and O–H groups in total. The Morgan fingerprint density at radius 2 is 1.30 bits per heavy atom. The molecule has 0 spiro atoms. The lowest BCUT2D eigenvalue weighted by Crippen LogP contribution is -2.34. The number of nitrogens with one attached hydrogen (secondary N) is 2. The summed E-state index contributed by atoms with van der Waals surface area (Å²) in [6.45, 7) is 0.382. The molecule has 2 amide bonds. The van der Waals surface area contributed by atoms with Crippen LogP contribution in [0.3, 0.4) is 0 Å². The van der Waals surface area contributed by atoms with E-state index in [1.54, 1.807) is 30.3 Å². The van der Waals surface area contributed by atoms with E-state index in [9.17, 15) is 9.59 Å². The lowest BCUT2D eigenvalue weighted by molar-refractivity contribution is -0.117. The smallest absolute Gasteiger partial charge is 0.268 e. The highest BCUT2D eigenvalue weighted by Crippen LogP contribution is 2.08. The summed E-state index contributed by atoms with van der Waals surface area (Å²) in [5, 5.41) is 5.58. The number of hydrogen-bond donors (Lipinski definition) is 2. The van der Waals surface area contributed by atoms with Crippen LogP contribution in [0.1, 0.15) is 21.5 Å². The fraction of sp³-hybridized carbons (Fsp3) is 0.0435. The quantitative estimate of drug-likeness (QED) is 0.661. The third kappa shape index (κ3) is 5.41. The van der Waals surface area contributed by atoms with Gasteiger partial charge in [0.05, 0.1) is 0 Å². The van der Waals surface area contributed by atoms with Gasteiger partial charge in [-0.05, 0) is 29.3 Å². The predicted molar refractivity (Wildman–Crippen MR) is 107 cm³/mol. The SMILES string of the molecule is O=C(NCc1ccccc1)/C(=C/c1ccccc1)NC(=O)c1ccccc1. The van der Waals surface area contributed by atoms with Gasteiger partial charge >= 0.3 is 0 Å².